The van der Waals surface area contributed by atoms with E-state index in [1.165, 1.54) is 22.3 Å². The molecule has 1 unspecified atom stereocenters. The summed E-state index contributed by atoms with van der Waals surface area (Å²) in [6, 6.07) is 9.15. The number of anilines is 1. The number of amides is 1. The molecule has 0 bridgehead atoms. The Balaban J connectivity index is 1.80. The van der Waals surface area contributed by atoms with E-state index in [4.69, 9.17) is 0 Å². The molecule has 22 heavy (non-hydrogen) atoms. The third-order valence-corrected chi connectivity index (χ3v) is 3.77. The van der Waals surface area contributed by atoms with E-state index in [1.807, 2.05) is 37.3 Å². The summed E-state index contributed by atoms with van der Waals surface area (Å²) in [6.07, 6.45) is 1.91. The van der Waals surface area contributed by atoms with Gasteiger partial charge in [-0.3, -0.25) is 10.1 Å². The third kappa shape index (κ3) is 3.31. The van der Waals surface area contributed by atoms with Crippen molar-refractivity contribution in [1.29, 1.82) is 0 Å². The first-order valence-corrected chi connectivity index (χ1v) is 7.41. The van der Waals surface area contributed by atoms with Crippen molar-refractivity contribution >= 4 is 22.4 Å². The second kappa shape index (κ2) is 6.39. The van der Waals surface area contributed by atoms with Gasteiger partial charge in [0.15, 0.2) is 0 Å². The number of aryl methyl sites for hydroxylation is 1. The first kappa shape index (κ1) is 14.3. The SMILES string of the molecule is Cc1nnc(NC(=O)C(Cc2ccccc2)n2cnnn2)s1. The maximum Gasteiger partial charge on any atom is 0.251 e. The van der Waals surface area contributed by atoms with E-state index >= 15 is 0 Å². The van der Waals surface area contributed by atoms with Crippen molar-refractivity contribution in [2.24, 2.45) is 0 Å². The number of benzene rings is 1. The number of nitrogens with zero attached hydrogens (tertiary/aromatic N) is 6. The van der Waals surface area contributed by atoms with Crippen molar-refractivity contribution in [2.75, 3.05) is 5.32 Å². The Morgan fingerprint density at radius 3 is 2.77 bits per heavy atom. The minimum absolute atomic E-state index is 0.229. The molecule has 0 aliphatic heterocycles. The number of nitrogens with one attached hydrogen (secondary N) is 1. The molecule has 1 atom stereocenters. The van der Waals surface area contributed by atoms with Crippen molar-refractivity contribution in [3.8, 4) is 0 Å². The molecule has 9 heteroatoms. The summed E-state index contributed by atoms with van der Waals surface area (Å²) < 4.78 is 1.44. The highest BCUT2D eigenvalue weighted by Crippen LogP contribution is 2.18. The van der Waals surface area contributed by atoms with Gasteiger partial charge in [-0.15, -0.1) is 15.3 Å². The minimum Gasteiger partial charge on any atom is -0.299 e. The zero-order valence-corrected chi connectivity index (χ0v) is 12.6. The van der Waals surface area contributed by atoms with Crippen LogP contribution in [0.25, 0.3) is 0 Å². The number of tetrazole rings is 1. The summed E-state index contributed by atoms with van der Waals surface area (Å²) >= 11 is 1.32. The van der Waals surface area contributed by atoms with Crippen molar-refractivity contribution < 1.29 is 4.79 Å². The minimum atomic E-state index is -0.554. The third-order valence-electron chi connectivity index (χ3n) is 3.01. The molecular formula is C13H13N7OS. The van der Waals surface area contributed by atoms with Gasteiger partial charge in [0.25, 0.3) is 5.91 Å². The van der Waals surface area contributed by atoms with Gasteiger partial charge in [0, 0.05) is 6.42 Å². The highest BCUT2D eigenvalue weighted by atomic mass is 32.1. The van der Waals surface area contributed by atoms with Crippen LogP contribution >= 0.6 is 11.3 Å². The van der Waals surface area contributed by atoms with E-state index in [9.17, 15) is 4.79 Å². The largest absolute Gasteiger partial charge is 0.299 e. The van der Waals surface area contributed by atoms with Crippen molar-refractivity contribution in [2.45, 2.75) is 19.4 Å². The Morgan fingerprint density at radius 2 is 2.14 bits per heavy atom. The van der Waals surface area contributed by atoms with Gasteiger partial charge < -0.3 is 0 Å². The zero-order valence-electron chi connectivity index (χ0n) is 11.7. The van der Waals surface area contributed by atoms with Gasteiger partial charge in [-0.1, -0.05) is 41.7 Å². The second-order valence-electron chi connectivity index (χ2n) is 4.61. The number of aromatic nitrogens is 6. The molecule has 0 aliphatic rings. The molecular weight excluding hydrogens is 302 g/mol. The zero-order chi connectivity index (χ0) is 15.4. The Bertz CT molecular complexity index is 741. The van der Waals surface area contributed by atoms with Crippen LogP contribution < -0.4 is 5.32 Å². The summed E-state index contributed by atoms with van der Waals surface area (Å²) in [4.78, 5) is 12.5. The maximum atomic E-state index is 12.5. The van der Waals surface area contributed by atoms with E-state index in [0.717, 1.165) is 10.6 Å². The van der Waals surface area contributed by atoms with E-state index in [0.29, 0.717) is 11.6 Å². The first-order chi connectivity index (χ1) is 10.7. The molecule has 0 saturated heterocycles. The number of rotatable bonds is 5. The molecule has 0 saturated carbocycles. The van der Waals surface area contributed by atoms with Gasteiger partial charge in [0.05, 0.1) is 0 Å². The number of carbonyl (C=O) groups is 1. The Kier molecular flexibility index (Phi) is 4.15. The Hall–Kier alpha value is -2.68. The molecule has 0 aliphatic carbocycles. The number of hydrogen-bond donors (Lipinski definition) is 1. The van der Waals surface area contributed by atoms with Crippen LogP contribution in [0.3, 0.4) is 0 Å². The molecule has 1 N–H and O–H groups in total. The number of hydrogen-bond acceptors (Lipinski definition) is 7. The standard InChI is InChI=1S/C13H13N7OS/c1-9-16-17-13(22-9)15-12(21)11(20-8-14-18-19-20)7-10-5-3-2-4-6-10/h2-6,8,11H,7H2,1H3,(H,15,17,21). The lowest BCUT2D eigenvalue weighted by Crippen LogP contribution is -2.28. The lowest BCUT2D eigenvalue weighted by Gasteiger charge is -2.15. The fourth-order valence-electron chi connectivity index (χ4n) is 1.99. The fraction of sp³-hybridized carbons (Fsp3) is 0.231. The monoisotopic (exact) mass is 315 g/mol. The van der Waals surface area contributed by atoms with Crippen LogP contribution in [0, 0.1) is 6.92 Å². The number of carbonyl (C=O) groups excluding carboxylic acids is 1. The van der Waals surface area contributed by atoms with Gasteiger partial charge in [0.1, 0.15) is 17.4 Å². The quantitative estimate of drug-likeness (QED) is 0.761. The van der Waals surface area contributed by atoms with E-state index in [2.05, 4.69) is 31.0 Å². The molecule has 3 aromatic rings. The van der Waals surface area contributed by atoms with Crippen molar-refractivity contribution in [3.63, 3.8) is 0 Å². The first-order valence-electron chi connectivity index (χ1n) is 6.60. The van der Waals surface area contributed by atoms with Crippen LogP contribution in [-0.4, -0.2) is 36.3 Å². The summed E-state index contributed by atoms with van der Waals surface area (Å²) in [5, 5.41) is 22.9. The Labute approximate surface area is 130 Å². The highest BCUT2D eigenvalue weighted by molar-refractivity contribution is 7.15. The van der Waals surface area contributed by atoms with Gasteiger partial charge >= 0.3 is 0 Å². The van der Waals surface area contributed by atoms with Crippen LogP contribution in [0.4, 0.5) is 5.13 Å². The van der Waals surface area contributed by atoms with Gasteiger partial charge in [-0.05, 0) is 22.9 Å². The van der Waals surface area contributed by atoms with Crippen LogP contribution in [0.5, 0.6) is 0 Å². The van der Waals surface area contributed by atoms with Gasteiger partial charge in [0.2, 0.25) is 5.13 Å². The summed E-state index contributed by atoms with van der Waals surface area (Å²) in [7, 11) is 0. The molecule has 8 nitrogen and oxygen atoms in total. The average Bonchev–Trinajstić information content (AvgIpc) is 3.18. The summed E-state index contributed by atoms with van der Waals surface area (Å²) in [5.41, 5.74) is 1.02. The molecule has 0 spiro atoms. The molecule has 3 rings (SSSR count). The summed E-state index contributed by atoms with van der Waals surface area (Å²) in [6.45, 7) is 1.83. The normalized spacial score (nSPS) is 12.0. The van der Waals surface area contributed by atoms with Crippen molar-refractivity contribution in [1.82, 2.24) is 30.4 Å². The van der Waals surface area contributed by atoms with Crippen LogP contribution in [0.15, 0.2) is 36.7 Å². The molecule has 112 valence electrons. The van der Waals surface area contributed by atoms with Crippen LogP contribution in [0.2, 0.25) is 0 Å². The van der Waals surface area contributed by atoms with E-state index in [-0.39, 0.29) is 5.91 Å². The van der Waals surface area contributed by atoms with Crippen LogP contribution in [0.1, 0.15) is 16.6 Å². The second-order valence-corrected chi connectivity index (χ2v) is 5.79. The van der Waals surface area contributed by atoms with Crippen molar-refractivity contribution in [3.05, 3.63) is 47.2 Å². The molecule has 2 heterocycles. The molecule has 2 aromatic heterocycles. The molecule has 1 aromatic carbocycles. The highest BCUT2D eigenvalue weighted by Gasteiger charge is 2.23. The summed E-state index contributed by atoms with van der Waals surface area (Å²) in [5.74, 6) is -0.229. The lowest BCUT2D eigenvalue weighted by atomic mass is 10.1. The topological polar surface area (TPSA) is 98.5 Å². The average molecular weight is 315 g/mol. The Morgan fingerprint density at radius 1 is 1.32 bits per heavy atom. The van der Waals surface area contributed by atoms with Crippen LogP contribution in [-0.2, 0) is 11.2 Å². The maximum absolute atomic E-state index is 12.5. The fourth-order valence-corrected chi connectivity index (χ4v) is 2.59. The molecule has 1 amide bonds. The van der Waals surface area contributed by atoms with E-state index < -0.39 is 6.04 Å². The predicted octanol–water partition coefficient (Wildman–Crippen LogP) is 1.26. The predicted molar refractivity (Wildman–Crippen MR) is 80.3 cm³/mol. The van der Waals surface area contributed by atoms with Gasteiger partial charge in [-0.2, -0.15) is 0 Å². The van der Waals surface area contributed by atoms with Gasteiger partial charge in [-0.25, -0.2) is 4.68 Å². The smallest absolute Gasteiger partial charge is 0.251 e. The lowest BCUT2D eigenvalue weighted by molar-refractivity contribution is -0.119. The molecule has 0 radical (unpaired) electrons. The molecule has 0 fully saturated rings. The van der Waals surface area contributed by atoms with E-state index in [1.54, 1.807) is 0 Å².